The van der Waals surface area contributed by atoms with Gasteiger partial charge in [-0.15, -0.1) is 0 Å². The van der Waals surface area contributed by atoms with Crippen LogP contribution >= 0.6 is 15.9 Å². The highest BCUT2D eigenvalue weighted by Gasteiger charge is 2.28. The summed E-state index contributed by atoms with van der Waals surface area (Å²) in [5.41, 5.74) is 0. The summed E-state index contributed by atoms with van der Waals surface area (Å²) in [4.78, 5) is 13.5. The molecule has 1 amide bonds. The molecule has 1 saturated heterocycles. The van der Waals surface area contributed by atoms with E-state index in [2.05, 4.69) is 21.0 Å². The Morgan fingerprint density at radius 2 is 2.43 bits per heavy atom. The Kier molecular flexibility index (Phi) is 2.58. The van der Waals surface area contributed by atoms with Gasteiger partial charge in [-0.3, -0.25) is 14.4 Å². The lowest BCUT2D eigenvalue weighted by Crippen LogP contribution is -2.42. The summed E-state index contributed by atoms with van der Waals surface area (Å²) in [6.45, 7) is 0.776. The first-order valence-electron chi connectivity index (χ1n) is 4.63. The Morgan fingerprint density at radius 3 is 3.07 bits per heavy atom. The average Bonchev–Trinajstić information content (AvgIpc) is 2.57. The van der Waals surface area contributed by atoms with Gasteiger partial charge in [-0.05, 0) is 12.8 Å². The van der Waals surface area contributed by atoms with Gasteiger partial charge < -0.3 is 0 Å². The lowest BCUT2D eigenvalue weighted by atomic mass is 10.1. The predicted octanol–water partition coefficient (Wildman–Crippen LogP) is 1.31. The van der Waals surface area contributed by atoms with E-state index in [0.717, 1.165) is 25.2 Å². The van der Waals surface area contributed by atoms with Crippen molar-refractivity contribution in [2.75, 3.05) is 11.4 Å². The fourth-order valence-electron chi connectivity index (χ4n) is 1.61. The van der Waals surface area contributed by atoms with Crippen molar-refractivity contribution < 1.29 is 4.79 Å². The van der Waals surface area contributed by atoms with Gasteiger partial charge in [0.1, 0.15) is 0 Å². The van der Waals surface area contributed by atoms with Crippen LogP contribution in [0.15, 0.2) is 12.3 Å². The molecule has 0 bridgehead atoms. The van der Waals surface area contributed by atoms with Crippen LogP contribution in [0.2, 0.25) is 0 Å². The van der Waals surface area contributed by atoms with Crippen molar-refractivity contribution in [3.05, 3.63) is 12.3 Å². The van der Waals surface area contributed by atoms with Gasteiger partial charge in [-0.1, -0.05) is 15.9 Å². The molecule has 4 nitrogen and oxygen atoms in total. The number of aromatic nitrogens is 2. The van der Waals surface area contributed by atoms with Crippen LogP contribution in [0.4, 0.5) is 5.82 Å². The molecule has 0 aliphatic carbocycles. The smallest absolute Gasteiger partial charge is 0.241 e. The molecule has 0 unspecified atom stereocenters. The Bertz CT molecular complexity index is 350. The van der Waals surface area contributed by atoms with Crippen molar-refractivity contribution in [1.82, 2.24) is 9.78 Å². The van der Waals surface area contributed by atoms with E-state index >= 15 is 0 Å². The maximum Gasteiger partial charge on any atom is 0.241 e. The van der Waals surface area contributed by atoms with Gasteiger partial charge in [0.05, 0.1) is 4.83 Å². The number of anilines is 1. The molecule has 2 heterocycles. The average molecular weight is 258 g/mol. The Hall–Kier alpha value is -0.840. The van der Waals surface area contributed by atoms with Gasteiger partial charge in [0, 0.05) is 25.9 Å². The van der Waals surface area contributed by atoms with E-state index in [4.69, 9.17) is 0 Å². The number of aryl methyl sites for hydroxylation is 1. The molecule has 5 heteroatoms. The van der Waals surface area contributed by atoms with Gasteiger partial charge in [0.2, 0.25) is 5.91 Å². The number of piperidine rings is 1. The lowest BCUT2D eigenvalue weighted by Gasteiger charge is -2.27. The monoisotopic (exact) mass is 257 g/mol. The number of carbonyl (C=O) groups is 1. The van der Waals surface area contributed by atoms with Crippen LogP contribution in [0, 0.1) is 0 Å². The van der Waals surface area contributed by atoms with Crippen LogP contribution in [-0.2, 0) is 11.8 Å². The Balaban J connectivity index is 2.21. The quantitative estimate of drug-likeness (QED) is 0.712. The molecule has 0 radical (unpaired) electrons. The number of halogens is 1. The van der Waals surface area contributed by atoms with Crippen LogP contribution < -0.4 is 4.90 Å². The van der Waals surface area contributed by atoms with E-state index in [1.807, 2.05) is 19.3 Å². The summed E-state index contributed by atoms with van der Waals surface area (Å²) in [5, 5.41) is 4.22. The third-order valence-corrected chi connectivity index (χ3v) is 3.20. The van der Waals surface area contributed by atoms with Gasteiger partial charge in [0.25, 0.3) is 0 Å². The van der Waals surface area contributed by atoms with E-state index in [1.54, 1.807) is 9.58 Å². The molecule has 1 atom stereocenters. The number of carbonyl (C=O) groups excluding carboxylic acids is 1. The van der Waals surface area contributed by atoms with E-state index in [-0.39, 0.29) is 10.7 Å². The summed E-state index contributed by atoms with van der Waals surface area (Å²) in [7, 11) is 1.85. The fourth-order valence-corrected chi connectivity index (χ4v) is 2.18. The number of hydrogen-bond donors (Lipinski definition) is 0. The van der Waals surface area contributed by atoms with Gasteiger partial charge in [-0.25, -0.2) is 0 Å². The standard InChI is InChI=1S/C9H12BrN3O/c1-12-6-4-8(11-12)13-5-2-3-7(10)9(13)14/h4,6-7H,2-3,5H2,1H3/t7-/m0/s1. The van der Waals surface area contributed by atoms with E-state index in [0.29, 0.717) is 0 Å². The van der Waals surface area contributed by atoms with Gasteiger partial charge >= 0.3 is 0 Å². The predicted molar refractivity (Wildman–Crippen MR) is 57.5 cm³/mol. The summed E-state index contributed by atoms with van der Waals surface area (Å²) >= 11 is 3.37. The second-order valence-corrected chi connectivity index (χ2v) is 4.55. The van der Waals surface area contributed by atoms with Gasteiger partial charge in [0.15, 0.2) is 5.82 Å². The Morgan fingerprint density at radius 1 is 1.64 bits per heavy atom. The highest BCUT2D eigenvalue weighted by molar-refractivity contribution is 9.10. The first kappa shape index (κ1) is 9.71. The topological polar surface area (TPSA) is 38.1 Å². The minimum absolute atomic E-state index is 0.0433. The van der Waals surface area contributed by atoms with Crippen molar-refractivity contribution in [2.24, 2.45) is 7.05 Å². The zero-order valence-electron chi connectivity index (χ0n) is 7.98. The second kappa shape index (κ2) is 3.73. The number of nitrogens with zero attached hydrogens (tertiary/aromatic N) is 3. The van der Waals surface area contributed by atoms with Crippen molar-refractivity contribution in [3.63, 3.8) is 0 Å². The molecule has 1 aliphatic rings. The molecule has 0 saturated carbocycles. The van der Waals surface area contributed by atoms with Crippen LogP contribution in [0.1, 0.15) is 12.8 Å². The highest BCUT2D eigenvalue weighted by Crippen LogP contribution is 2.22. The molecule has 0 N–H and O–H groups in total. The molecule has 1 aliphatic heterocycles. The molecular formula is C9H12BrN3O. The minimum Gasteiger partial charge on any atom is -0.294 e. The van der Waals surface area contributed by atoms with Crippen LogP contribution in [-0.4, -0.2) is 27.1 Å². The van der Waals surface area contributed by atoms with Crippen molar-refractivity contribution in [3.8, 4) is 0 Å². The molecule has 76 valence electrons. The molecule has 1 fully saturated rings. The molecule has 14 heavy (non-hydrogen) atoms. The van der Waals surface area contributed by atoms with Crippen molar-refractivity contribution in [1.29, 1.82) is 0 Å². The largest absolute Gasteiger partial charge is 0.294 e. The van der Waals surface area contributed by atoms with Crippen LogP contribution in [0.3, 0.4) is 0 Å². The SMILES string of the molecule is Cn1ccc(N2CCC[C@H](Br)C2=O)n1. The second-order valence-electron chi connectivity index (χ2n) is 3.45. The summed E-state index contributed by atoms with van der Waals surface area (Å²) in [5.74, 6) is 0.872. The van der Waals surface area contributed by atoms with Crippen molar-refractivity contribution in [2.45, 2.75) is 17.7 Å². The molecule has 1 aromatic rings. The normalized spacial score (nSPS) is 22.9. The van der Waals surface area contributed by atoms with Gasteiger partial charge in [-0.2, -0.15) is 5.10 Å². The third kappa shape index (κ3) is 1.68. The first-order valence-corrected chi connectivity index (χ1v) is 5.55. The number of hydrogen-bond acceptors (Lipinski definition) is 2. The summed E-state index contributed by atoms with van der Waals surface area (Å²) < 4.78 is 1.71. The third-order valence-electron chi connectivity index (χ3n) is 2.35. The molecular weight excluding hydrogens is 246 g/mol. The summed E-state index contributed by atoms with van der Waals surface area (Å²) in [6.07, 6.45) is 3.79. The molecule has 0 spiro atoms. The Labute approximate surface area is 91.0 Å². The van der Waals surface area contributed by atoms with E-state index < -0.39 is 0 Å². The van der Waals surface area contributed by atoms with Crippen LogP contribution in [0.25, 0.3) is 0 Å². The summed E-state index contributed by atoms with van der Waals surface area (Å²) in [6, 6.07) is 1.86. The lowest BCUT2D eigenvalue weighted by molar-refractivity contribution is -0.118. The zero-order chi connectivity index (χ0) is 10.1. The van der Waals surface area contributed by atoms with Crippen molar-refractivity contribution >= 4 is 27.7 Å². The maximum atomic E-state index is 11.8. The van der Waals surface area contributed by atoms with Crippen LogP contribution in [0.5, 0.6) is 0 Å². The highest BCUT2D eigenvalue weighted by atomic mass is 79.9. The molecule has 1 aromatic heterocycles. The zero-order valence-corrected chi connectivity index (χ0v) is 9.57. The number of alkyl halides is 1. The minimum atomic E-state index is -0.0433. The van der Waals surface area contributed by atoms with E-state index in [1.165, 1.54) is 0 Å². The fraction of sp³-hybridized carbons (Fsp3) is 0.556. The molecule has 0 aromatic carbocycles. The number of amides is 1. The molecule has 2 rings (SSSR count). The number of rotatable bonds is 1. The first-order chi connectivity index (χ1) is 6.68. The van der Waals surface area contributed by atoms with E-state index in [9.17, 15) is 4.79 Å². The maximum absolute atomic E-state index is 11.8.